The molecule has 0 heterocycles. The lowest BCUT2D eigenvalue weighted by molar-refractivity contribution is 0.711. The molecule has 1 aromatic rings. The molecule has 1 saturated carbocycles. The Bertz CT molecular complexity index is 555. The van der Waals surface area contributed by atoms with Crippen LogP contribution in [0, 0.1) is 22.7 Å². The van der Waals surface area contributed by atoms with Crippen LogP contribution in [0.2, 0.25) is 0 Å². The molecule has 0 N–H and O–H groups in total. The van der Waals surface area contributed by atoms with Gasteiger partial charge in [0.25, 0.3) is 0 Å². The van der Waals surface area contributed by atoms with Crippen molar-refractivity contribution in [1.82, 2.24) is 0 Å². The van der Waals surface area contributed by atoms with Crippen LogP contribution in [0.25, 0.3) is 0 Å². The molecule has 84 valence electrons. The zero-order valence-corrected chi connectivity index (χ0v) is 12.1. The van der Waals surface area contributed by atoms with Gasteiger partial charge in [-0.25, -0.2) is 0 Å². The topological polar surface area (TPSA) is 47.6 Å². The molecule has 0 aliphatic heterocycles. The fraction of sp³-hybridized carbons (Fsp3) is 0.385. The van der Waals surface area contributed by atoms with Crippen molar-refractivity contribution in [3.8, 4) is 12.1 Å². The van der Waals surface area contributed by atoms with Gasteiger partial charge in [0.2, 0.25) is 0 Å². The summed E-state index contributed by atoms with van der Waals surface area (Å²) in [7, 11) is 0. The molecule has 0 saturated heterocycles. The fourth-order valence-corrected chi connectivity index (χ4v) is 4.89. The van der Waals surface area contributed by atoms with Gasteiger partial charge in [-0.2, -0.15) is 10.5 Å². The van der Waals surface area contributed by atoms with Gasteiger partial charge in [0.15, 0.2) is 0 Å². The summed E-state index contributed by atoms with van der Waals surface area (Å²) in [5, 5.41) is 18.4. The summed E-state index contributed by atoms with van der Waals surface area (Å²) in [4.78, 5) is 0. The molecular weight excluding hydrogens is 344 g/mol. The minimum Gasteiger partial charge on any atom is -0.192 e. The SMILES string of the molecule is N#Cc1c(Br)c2c(c(Br)c1C#N)C1CCC2C1. The van der Waals surface area contributed by atoms with Gasteiger partial charge in [-0.3, -0.25) is 0 Å². The molecule has 0 radical (unpaired) electrons. The molecule has 1 aromatic carbocycles. The molecule has 2 bridgehead atoms. The van der Waals surface area contributed by atoms with Crippen molar-refractivity contribution >= 4 is 31.9 Å². The van der Waals surface area contributed by atoms with E-state index >= 15 is 0 Å². The molecule has 2 aliphatic rings. The van der Waals surface area contributed by atoms with Crippen LogP contribution in [0.4, 0.5) is 0 Å². The highest BCUT2D eigenvalue weighted by Gasteiger charge is 2.41. The summed E-state index contributed by atoms with van der Waals surface area (Å²) >= 11 is 7.05. The molecule has 4 heteroatoms. The van der Waals surface area contributed by atoms with E-state index in [1.54, 1.807) is 0 Å². The van der Waals surface area contributed by atoms with Crippen LogP contribution in [0.5, 0.6) is 0 Å². The second kappa shape index (κ2) is 3.83. The van der Waals surface area contributed by atoms with E-state index < -0.39 is 0 Å². The van der Waals surface area contributed by atoms with E-state index in [0.29, 0.717) is 23.0 Å². The molecule has 2 nitrogen and oxygen atoms in total. The fourth-order valence-electron chi connectivity index (χ4n) is 3.24. The van der Waals surface area contributed by atoms with E-state index in [1.165, 1.54) is 30.4 Å². The van der Waals surface area contributed by atoms with Crippen molar-refractivity contribution in [2.45, 2.75) is 31.1 Å². The standard InChI is InChI=1S/C13H8Br2N2/c14-12-8(4-16)9(5-17)13(15)11-7-2-1-6(3-7)10(11)12/h6-7H,1-3H2. The molecule has 17 heavy (non-hydrogen) atoms. The van der Waals surface area contributed by atoms with Crippen molar-refractivity contribution in [1.29, 1.82) is 10.5 Å². The third-order valence-electron chi connectivity index (χ3n) is 3.92. The summed E-state index contributed by atoms with van der Waals surface area (Å²) in [5.41, 5.74) is 3.49. The number of fused-ring (bicyclic) bond motifs is 5. The monoisotopic (exact) mass is 350 g/mol. The highest BCUT2D eigenvalue weighted by molar-refractivity contribution is 9.11. The van der Waals surface area contributed by atoms with E-state index in [9.17, 15) is 10.5 Å². The number of hydrogen-bond donors (Lipinski definition) is 0. The largest absolute Gasteiger partial charge is 0.192 e. The summed E-state index contributed by atoms with van der Waals surface area (Å²) in [6.07, 6.45) is 3.59. The van der Waals surface area contributed by atoms with Gasteiger partial charge in [0.05, 0.1) is 11.1 Å². The van der Waals surface area contributed by atoms with Crippen LogP contribution >= 0.6 is 31.9 Å². The Morgan fingerprint density at radius 2 is 1.29 bits per heavy atom. The van der Waals surface area contributed by atoms with Gasteiger partial charge < -0.3 is 0 Å². The van der Waals surface area contributed by atoms with Crippen molar-refractivity contribution in [3.05, 3.63) is 31.2 Å². The lowest BCUT2D eigenvalue weighted by atomic mass is 9.88. The van der Waals surface area contributed by atoms with E-state index in [4.69, 9.17) is 0 Å². The van der Waals surface area contributed by atoms with Crippen LogP contribution in [0.1, 0.15) is 53.4 Å². The van der Waals surface area contributed by atoms with Gasteiger partial charge in [0, 0.05) is 8.95 Å². The second-order valence-corrected chi connectivity index (χ2v) is 6.22. The molecule has 2 atom stereocenters. The first-order valence-electron chi connectivity index (χ1n) is 5.54. The molecule has 3 rings (SSSR count). The number of nitriles is 2. The number of halogens is 2. The maximum atomic E-state index is 9.20. The number of hydrogen-bond acceptors (Lipinski definition) is 2. The van der Waals surface area contributed by atoms with Crippen molar-refractivity contribution in [2.24, 2.45) is 0 Å². The normalized spacial score (nSPS) is 24.2. The molecule has 1 fully saturated rings. The van der Waals surface area contributed by atoms with E-state index in [-0.39, 0.29) is 0 Å². The maximum absolute atomic E-state index is 9.20. The Morgan fingerprint density at radius 3 is 1.65 bits per heavy atom. The maximum Gasteiger partial charge on any atom is 0.102 e. The van der Waals surface area contributed by atoms with Crippen molar-refractivity contribution < 1.29 is 0 Å². The van der Waals surface area contributed by atoms with E-state index in [2.05, 4.69) is 44.0 Å². The van der Waals surface area contributed by atoms with Gasteiger partial charge in [0.1, 0.15) is 12.1 Å². The smallest absolute Gasteiger partial charge is 0.102 e. The first-order chi connectivity index (χ1) is 8.19. The Balaban J connectivity index is 2.41. The minimum atomic E-state index is 0.477. The molecule has 0 amide bonds. The van der Waals surface area contributed by atoms with Crippen LogP contribution < -0.4 is 0 Å². The number of nitrogens with zero attached hydrogens (tertiary/aromatic N) is 2. The van der Waals surface area contributed by atoms with Crippen molar-refractivity contribution in [3.63, 3.8) is 0 Å². The third-order valence-corrected chi connectivity index (χ3v) is 5.57. The van der Waals surface area contributed by atoms with Gasteiger partial charge in [-0.15, -0.1) is 0 Å². The van der Waals surface area contributed by atoms with E-state index in [0.717, 1.165) is 8.95 Å². The molecule has 0 spiro atoms. The average molecular weight is 352 g/mol. The zero-order valence-electron chi connectivity index (χ0n) is 8.93. The highest BCUT2D eigenvalue weighted by atomic mass is 79.9. The second-order valence-electron chi connectivity index (χ2n) is 4.64. The minimum absolute atomic E-state index is 0.477. The number of benzene rings is 1. The average Bonchev–Trinajstić information content (AvgIpc) is 2.93. The first-order valence-corrected chi connectivity index (χ1v) is 7.12. The van der Waals surface area contributed by atoms with Crippen LogP contribution in [0.15, 0.2) is 8.95 Å². The van der Waals surface area contributed by atoms with Crippen LogP contribution in [0.3, 0.4) is 0 Å². The molecule has 0 aromatic heterocycles. The Morgan fingerprint density at radius 1 is 0.882 bits per heavy atom. The van der Waals surface area contributed by atoms with E-state index in [1.807, 2.05) is 0 Å². The van der Waals surface area contributed by atoms with Gasteiger partial charge in [-0.05, 0) is 74.1 Å². The quantitative estimate of drug-likeness (QED) is 0.698. The molecular formula is C13H8Br2N2. The molecule has 2 aliphatic carbocycles. The van der Waals surface area contributed by atoms with Crippen LogP contribution in [-0.4, -0.2) is 0 Å². The Kier molecular flexibility index (Phi) is 2.54. The first kappa shape index (κ1) is 11.3. The lowest BCUT2D eigenvalue weighted by Crippen LogP contribution is -2.04. The third kappa shape index (κ3) is 1.35. The zero-order chi connectivity index (χ0) is 12.2. The summed E-state index contributed by atoms with van der Waals surface area (Å²) in [6, 6.07) is 4.29. The van der Waals surface area contributed by atoms with Gasteiger partial charge >= 0.3 is 0 Å². The highest BCUT2D eigenvalue weighted by Crippen LogP contribution is 2.58. The van der Waals surface area contributed by atoms with Crippen molar-refractivity contribution in [2.75, 3.05) is 0 Å². The predicted molar refractivity (Wildman–Crippen MR) is 70.6 cm³/mol. The Labute approximate surface area is 116 Å². The van der Waals surface area contributed by atoms with Gasteiger partial charge in [-0.1, -0.05) is 0 Å². The number of rotatable bonds is 0. The predicted octanol–water partition coefficient (Wildman–Crippen LogP) is 4.32. The summed E-state index contributed by atoms with van der Waals surface area (Å²) in [6.45, 7) is 0. The summed E-state index contributed by atoms with van der Waals surface area (Å²) < 4.78 is 1.70. The summed E-state index contributed by atoms with van der Waals surface area (Å²) in [5.74, 6) is 1.14. The lowest BCUT2D eigenvalue weighted by Gasteiger charge is -2.20. The Hall–Kier alpha value is -0.840. The molecule has 2 unspecified atom stereocenters. The van der Waals surface area contributed by atoms with Crippen LogP contribution in [-0.2, 0) is 0 Å².